The van der Waals surface area contributed by atoms with Gasteiger partial charge in [0.05, 0.1) is 18.8 Å². The second-order valence-corrected chi connectivity index (χ2v) is 3.24. The molecular formula is C10H16N2O2. The monoisotopic (exact) mass is 196 g/mol. The largest absolute Gasteiger partial charge is 0.468 e. The predicted octanol–water partition coefficient (Wildman–Crippen LogP) is 0.812. The molecule has 4 nitrogen and oxygen atoms in total. The first-order valence-corrected chi connectivity index (χ1v) is 4.63. The van der Waals surface area contributed by atoms with E-state index in [-0.39, 0.29) is 11.9 Å². The van der Waals surface area contributed by atoms with E-state index < -0.39 is 0 Å². The molecule has 2 N–H and O–H groups in total. The third-order valence-corrected chi connectivity index (χ3v) is 2.18. The summed E-state index contributed by atoms with van der Waals surface area (Å²) in [5.74, 6) is 0.856. The quantitative estimate of drug-likeness (QED) is 0.749. The van der Waals surface area contributed by atoms with Crippen LogP contribution >= 0.6 is 0 Å². The van der Waals surface area contributed by atoms with Crippen molar-refractivity contribution in [2.45, 2.75) is 26.4 Å². The molecule has 0 aliphatic carbocycles. The summed E-state index contributed by atoms with van der Waals surface area (Å²) >= 11 is 0. The zero-order valence-corrected chi connectivity index (χ0v) is 8.76. The van der Waals surface area contributed by atoms with Gasteiger partial charge in [0.15, 0.2) is 0 Å². The van der Waals surface area contributed by atoms with E-state index in [4.69, 9.17) is 4.42 Å². The number of nitrogens with one attached hydrogen (secondary N) is 2. The number of hydrogen-bond donors (Lipinski definition) is 2. The summed E-state index contributed by atoms with van der Waals surface area (Å²) in [7, 11) is 1.62. The fourth-order valence-corrected chi connectivity index (χ4v) is 1.14. The minimum absolute atomic E-state index is 0.0193. The molecule has 0 aliphatic rings. The minimum atomic E-state index is -0.204. The summed E-state index contributed by atoms with van der Waals surface area (Å²) < 4.78 is 5.23. The Balaban J connectivity index is 2.41. The summed E-state index contributed by atoms with van der Waals surface area (Å²) in [5, 5.41) is 5.65. The smallest absolute Gasteiger partial charge is 0.236 e. The predicted molar refractivity (Wildman–Crippen MR) is 53.8 cm³/mol. The highest BCUT2D eigenvalue weighted by molar-refractivity contribution is 5.80. The number of likely N-dealkylation sites (N-methyl/N-ethyl adjacent to an activating group) is 1. The lowest BCUT2D eigenvalue weighted by molar-refractivity contribution is -0.122. The Hall–Kier alpha value is -1.29. The standard InChI is InChI=1S/C10H16N2O2/c1-7-4-5-14-9(7)6-12-8(2)10(13)11-3/h4-5,8,12H,6H2,1-3H3,(H,11,13). The van der Waals surface area contributed by atoms with Gasteiger partial charge < -0.3 is 9.73 Å². The van der Waals surface area contributed by atoms with Crippen molar-refractivity contribution in [2.75, 3.05) is 7.05 Å². The molecule has 0 spiro atoms. The summed E-state index contributed by atoms with van der Waals surface area (Å²) in [4.78, 5) is 11.2. The zero-order chi connectivity index (χ0) is 10.6. The third kappa shape index (κ3) is 2.60. The van der Waals surface area contributed by atoms with Crippen LogP contribution in [0.2, 0.25) is 0 Å². The van der Waals surface area contributed by atoms with Gasteiger partial charge in [-0.1, -0.05) is 0 Å². The number of furan rings is 1. The van der Waals surface area contributed by atoms with Crippen LogP contribution in [0.5, 0.6) is 0 Å². The van der Waals surface area contributed by atoms with E-state index >= 15 is 0 Å². The lowest BCUT2D eigenvalue weighted by Gasteiger charge is -2.10. The average molecular weight is 196 g/mol. The van der Waals surface area contributed by atoms with Crippen LogP contribution in [0.3, 0.4) is 0 Å². The summed E-state index contributed by atoms with van der Waals surface area (Å²) in [6.07, 6.45) is 1.65. The second kappa shape index (κ2) is 4.81. The molecular weight excluding hydrogens is 180 g/mol. The molecule has 4 heteroatoms. The van der Waals surface area contributed by atoms with Crippen LogP contribution in [0.15, 0.2) is 16.7 Å². The van der Waals surface area contributed by atoms with E-state index in [9.17, 15) is 4.79 Å². The SMILES string of the molecule is CNC(=O)C(C)NCc1occc1C. The van der Waals surface area contributed by atoms with Gasteiger partial charge in [-0.05, 0) is 25.5 Å². The molecule has 1 rings (SSSR count). The lowest BCUT2D eigenvalue weighted by Crippen LogP contribution is -2.40. The van der Waals surface area contributed by atoms with Crippen molar-refractivity contribution < 1.29 is 9.21 Å². The molecule has 1 aromatic rings. The van der Waals surface area contributed by atoms with Gasteiger partial charge in [0.1, 0.15) is 5.76 Å². The van der Waals surface area contributed by atoms with Crippen molar-refractivity contribution >= 4 is 5.91 Å². The van der Waals surface area contributed by atoms with Crippen LogP contribution in [-0.2, 0) is 11.3 Å². The number of carbonyl (C=O) groups excluding carboxylic acids is 1. The highest BCUT2D eigenvalue weighted by Gasteiger charge is 2.11. The molecule has 0 fully saturated rings. The summed E-state index contributed by atoms with van der Waals surface area (Å²) in [6, 6.07) is 1.70. The molecule has 0 saturated carbocycles. The normalized spacial score (nSPS) is 12.5. The fourth-order valence-electron chi connectivity index (χ4n) is 1.14. The Labute approximate surface area is 83.7 Å². The number of carbonyl (C=O) groups is 1. The Bertz CT molecular complexity index is 307. The van der Waals surface area contributed by atoms with E-state index in [2.05, 4.69) is 10.6 Å². The molecule has 0 aromatic carbocycles. The van der Waals surface area contributed by atoms with Crippen molar-refractivity contribution in [2.24, 2.45) is 0 Å². The van der Waals surface area contributed by atoms with Gasteiger partial charge >= 0.3 is 0 Å². The molecule has 1 unspecified atom stereocenters. The topological polar surface area (TPSA) is 54.3 Å². The average Bonchev–Trinajstić information content (AvgIpc) is 2.59. The van der Waals surface area contributed by atoms with Crippen LogP contribution in [0, 0.1) is 6.92 Å². The van der Waals surface area contributed by atoms with Crippen molar-refractivity contribution in [1.82, 2.24) is 10.6 Å². The Morgan fingerprint density at radius 2 is 2.36 bits per heavy atom. The fraction of sp³-hybridized carbons (Fsp3) is 0.500. The first kappa shape index (κ1) is 10.8. The van der Waals surface area contributed by atoms with Gasteiger partial charge in [-0.25, -0.2) is 0 Å². The first-order chi connectivity index (χ1) is 6.65. The van der Waals surface area contributed by atoms with Crippen LogP contribution in [0.1, 0.15) is 18.2 Å². The van der Waals surface area contributed by atoms with Gasteiger partial charge in [-0.3, -0.25) is 10.1 Å². The molecule has 0 radical (unpaired) electrons. The zero-order valence-electron chi connectivity index (χ0n) is 8.76. The summed E-state index contributed by atoms with van der Waals surface area (Å²) in [6.45, 7) is 4.37. The van der Waals surface area contributed by atoms with Gasteiger partial charge in [-0.2, -0.15) is 0 Å². The maximum Gasteiger partial charge on any atom is 0.236 e. The van der Waals surface area contributed by atoms with Crippen molar-refractivity contribution in [3.63, 3.8) is 0 Å². The highest BCUT2D eigenvalue weighted by Crippen LogP contribution is 2.07. The van der Waals surface area contributed by atoms with Gasteiger partial charge in [0.25, 0.3) is 0 Å². The molecule has 1 heterocycles. The van der Waals surface area contributed by atoms with Crippen molar-refractivity contribution in [3.05, 3.63) is 23.7 Å². The maximum absolute atomic E-state index is 11.2. The van der Waals surface area contributed by atoms with E-state index in [1.807, 2.05) is 19.9 Å². The molecule has 0 aliphatic heterocycles. The lowest BCUT2D eigenvalue weighted by atomic mass is 10.2. The number of amides is 1. The highest BCUT2D eigenvalue weighted by atomic mass is 16.3. The number of rotatable bonds is 4. The molecule has 0 bridgehead atoms. The number of aryl methyl sites for hydroxylation is 1. The Kier molecular flexibility index (Phi) is 3.71. The summed E-state index contributed by atoms with van der Waals surface area (Å²) in [5.41, 5.74) is 1.10. The van der Waals surface area contributed by atoms with E-state index in [1.54, 1.807) is 13.3 Å². The van der Waals surface area contributed by atoms with Crippen LogP contribution in [0.25, 0.3) is 0 Å². The van der Waals surface area contributed by atoms with Crippen molar-refractivity contribution in [3.8, 4) is 0 Å². The molecule has 0 saturated heterocycles. The van der Waals surface area contributed by atoms with Gasteiger partial charge in [0, 0.05) is 7.05 Å². The van der Waals surface area contributed by atoms with Crippen LogP contribution < -0.4 is 10.6 Å². The first-order valence-electron chi connectivity index (χ1n) is 4.63. The second-order valence-electron chi connectivity index (χ2n) is 3.24. The number of hydrogen-bond acceptors (Lipinski definition) is 3. The molecule has 78 valence electrons. The van der Waals surface area contributed by atoms with E-state index in [1.165, 1.54) is 0 Å². The van der Waals surface area contributed by atoms with E-state index in [0.717, 1.165) is 11.3 Å². The Morgan fingerprint density at radius 3 is 2.86 bits per heavy atom. The minimum Gasteiger partial charge on any atom is -0.468 e. The van der Waals surface area contributed by atoms with E-state index in [0.29, 0.717) is 6.54 Å². The Morgan fingerprint density at radius 1 is 1.64 bits per heavy atom. The van der Waals surface area contributed by atoms with Gasteiger partial charge in [-0.15, -0.1) is 0 Å². The maximum atomic E-state index is 11.2. The van der Waals surface area contributed by atoms with Crippen LogP contribution in [-0.4, -0.2) is 19.0 Å². The molecule has 1 atom stereocenters. The molecule has 1 amide bonds. The van der Waals surface area contributed by atoms with Gasteiger partial charge in [0.2, 0.25) is 5.91 Å². The van der Waals surface area contributed by atoms with Crippen molar-refractivity contribution in [1.29, 1.82) is 0 Å². The molecule has 14 heavy (non-hydrogen) atoms. The van der Waals surface area contributed by atoms with Crippen LogP contribution in [0.4, 0.5) is 0 Å². The molecule has 1 aromatic heterocycles. The third-order valence-electron chi connectivity index (χ3n) is 2.18.